The lowest BCUT2D eigenvalue weighted by molar-refractivity contribution is 0.0603. The van der Waals surface area contributed by atoms with Gasteiger partial charge in [0.25, 0.3) is 5.91 Å². The molecule has 0 unspecified atom stereocenters. The molecule has 0 bridgehead atoms. The molecule has 3 rings (SSSR count). The van der Waals surface area contributed by atoms with Crippen LogP contribution in [-0.4, -0.2) is 44.3 Å². The highest BCUT2D eigenvalue weighted by atomic mass is 35.5. The molecule has 158 valence electrons. The molecule has 0 spiro atoms. The quantitative estimate of drug-likeness (QED) is 0.553. The molecule has 1 aromatic heterocycles. The predicted octanol–water partition coefficient (Wildman–Crippen LogP) is 3.88. The van der Waals surface area contributed by atoms with Crippen LogP contribution in [0.25, 0.3) is 10.9 Å². The van der Waals surface area contributed by atoms with Gasteiger partial charge in [0.15, 0.2) is 0 Å². The summed E-state index contributed by atoms with van der Waals surface area (Å²) in [6.45, 7) is 3.23. The van der Waals surface area contributed by atoms with E-state index in [0.29, 0.717) is 27.2 Å². The second-order valence-electron chi connectivity index (χ2n) is 6.93. The number of carbonyl (C=O) groups excluding carboxylic acids is 2. The van der Waals surface area contributed by atoms with Gasteiger partial charge in [-0.15, -0.1) is 0 Å². The van der Waals surface area contributed by atoms with E-state index < -0.39 is 27.9 Å². The van der Waals surface area contributed by atoms with E-state index in [1.165, 1.54) is 30.9 Å². The zero-order chi connectivity index (χ0) is 22.2. The third-order valence-corrected chi connectivity index (χ3v) is 6.29. The summed E-state index contributed by atoms with van der Waals surface area (Å²) in [4.78, 5) is 25.6. The number of benzene rings is 2. The Morgan fingerprint density at radius 3 is 2.47 bits per heavy atom. The zero-order valence-electron chi connectivity index (χ0n) is 16.9. The second-order valence-corrected chi connectivity index (χ2v) is 9.22. The molecule has 0 aliphatic rings. The fourth-order valence-corrected chi connectivity index (χ4v) is 4.82. The maximum Gasteiger partial charge on any atom is 0.340 e. The minimum atomic E-state index is -3.83. The standard InChI is InChI=1S/C21H21ClN2O5S/c1-13-9-10-15(22)11-19(13)24(30(4,27)28)14(2)20(25)23-12-17(21(26)29-3)16-7-5-6-8-18(16)23/h5-12,14H,1-4H3/t14-/m0/s1. The molecular formula is C21H21ClN2O5S. The lowest BCUT2D eigenvalue weighted by atomic mass is 10.1. The lowest BCUT2D eigenvalue weighted by Crippen LogP contribution is -2.45. The summed E-state index contributed by atoms with van der Waals surface area (Å²) in [6.07, 6.45) is 2.41. The number of carbonyl (C=O) groups is 2. The summed E-state index contributed by atoms with van der Waals surface area (Å²) in [5, 5.41) is 0.887. The molecule has 2 aromatic carbocycles. The van der Waals surface area contributed by atoms with Crippen LogP contribution in [0.3, 0.4) is 0 Å². The van der Waals surface area contributed by atoms with Crippen LogP contribution >= 0.6 is 11.6 Å². The number of methoxy groups -OCH3 is 1. The number of aryl methyl sites for hydroxylation is 1. The molecule has 9 heteroatoms. The summed E-state index contributed by atoms with van der Waals surface area (Å²) in [5.74, 6) is -1.11. The highest BCUT2D eigenvalue weighted by Crippen LogP contribution is 2.30. The first-order valence-corrected chi connectivity index (χ1v) is 11.3. The number of aromatic nitrogens is 1. The molecule has 0 amide bonds. The first kappa shape index (κ1) is 21.9. The minimum Gasteiger partial charge on any atom is -0.465 e. The molecule has 0 aliphatic heterocycles. The topological polar surface area (TPSA) is 85.7 Å². The van der Waals surface area contributed by atoms with E-state index in [0.717, 1.165) is 10.6 Å². The van der Waals surface area contributed by atoms with Gasteiger partial charge in [-0.05, 0) is 37.6 Å². The van der Waals surface area contributed by atoms with Gasteiger partial charge in [-0.3, -0.25) is 13.7 Å². The molecule has 0 radical (unpaired) electrons. The van der Waals surface area contributed by atoms with Gasteiger partial charge in [0.2, 0.25) is 10.0 Å². The maximum absolute atomic E-state index is 13.4. The van der Waals surface area contributed by atoms with E-state index in [2.05, 4.69) is 0 Å². The van der Waals surface area contributed by atoms with Crippen LogP contribution in [-0.2, 0) is 14.8 Å². The number of anilines is 1. The molecule has 0 N–H and O–H groups in total. The molecule has 30 heavy (non-hydrogen) atoms. The van der Waals surface area contributed by atoms with Gasteiger partial charge in [-0.1, -0.05) is 35.9 Å². The van der Waals surface area contributed by atoms with Crippen molar-refractivity contribution in [1.29, 1.82) is 0 Å². The molecule has 0 saturated carbocycles. The highest BCUT2D eigenvalue weighted by molar-refractivity contribution is 7.92. The molecule has 1 atom stereocenters. The fraction of sp³-hybridized carbons (Fsp3) is 0.238. The Labute approximate surface area is 179 Å². The van der Waals surface area contributed by atoms with E-state index >= 15 is 0 Å². The van der Waals surface area contributed by atoms with Crippen LogP contribution < -0.4 is 4.31 Å². The molecular weight excluding hydrogens is 428 g/mol. The van der Waals surface area contributed by atoms with Crippen molar-refractivity contribution in [3.8, 4) is 0 Å². The SMILES string of the molecule is COC(=O)c1cn(C(=O)[C@H](C)N(c2cc(Cl)ccc2C)S(C)(=O)=O)c2ccccc12. The largest absolute Gasteiger partial charge is 0.465 e. The Kier molecular flexibility index (Phi) is 5.92. The van der Waals surface area contributed by atoms with E-state index in [-0.39, 0.29) is 5.56 Å². The van der Waals surface area contributed by atoms with Gasteiger partial charge in [-0.2, -0.15) is 0 Å². The molecule has 3 aromatic rings. The van der Waals surface area contributed by atoms with Gasteiger partial charge in [0.05, 0.1) is 30.1 Å². The zero-order valence-corrected chi connectivity index (χ0v) is 18.5. The molecule has 0 saturated heterocycles. The first-order valence-electron chi connectivity index (χ1n) is 9.04. The van der Waals surface area contributed by atoms with Crippen molar-refractivity contribution in [3.63, 3.8) is 0 Å². The van der Waals surface area contributed by atoms with Crippen LogP contribution in [0.1, 0.15) is 27.6 Å². The minimum absolute atomic E-state index is 0.221. The number of hydrogen-bond acceptors (Lipinski definition) is 5. The number of fused-ring (bicyclic) bond motifs is 1. The van der Waals surface area contributed by atoms with Crippen LogP contribution in [0.4, 0.5) is 5.69 Å². The van der Waals surface area contributed by atoms with Gasteiger partial charge < -0.3 is 4.74 Å². The second kappa shape index (κ2) is 8.12. The Morgan fingerprint density at radius 1 is 1.17 bits per heavy atom. The van der Waals surface area contributed by atoms with Crippen LogP contribution in [0, 0.1) is 6.92 Å². The van der Waals surface area contributed by atoms with E-state index in [4.69, 9.17) is 16.3 Å². The Balaban J connectivity index is 2.16. The van der Waals surface area contributed by atoms with Crippen molar-refractivity contribution in [2.45, 2.75) is 19.9 Å². The number of nitrogens with zero attached hydrogens (tertiary/aromatic N) is 2. The van der Waals surface area contributed by atoms with Crippen molar-refractivity contribution in [2.75, 3.05) is 17.7 Å². The van der Waals surface area contributed by atoms with Gasteiger partial charge >= 0.3 is 5.97 Å². The Hall–Kier alpha value is -2.84. The van der Waals surface area contributed by atoms with Gasteiger partial charge in [0, 0.05) is 16.6 Å². The van der Waals surface area contributed by atoms with Gasteiger partial charge in [-0.25, -0.2) is 13.2 Å². The average molecular weight is 449 g/mol. The summed E-state index contributed by atoms with van der Waals surface area (Å²) >= 11 is 6.08. The number of esters is 1. The first-order chi connectivity index (χ1) is 14.1. The maximum atomic E-state index is 13.4. The van der Waals surface area contributed by atoms with E-state index in [1.54, 1.807) is 43.3 Å². The van der Waals surface area contributed by atoms with Crippen LogP contribution in [0.15, 0.2) is 48.7 Å². The Bertz CT molecular complexity index is 1250. The normalized spacial score (nSPS) is 12.6. The van der Waals surface area contributed by atoms with Crippen molar-refractivity contribution in [2.24, 2.45) is 0 Å². The number of halogens is 1. The summed E-state index contributed by atoms with van der Waals surface area (Å²) in [5.41, 5.74) is 1.66. The molecule has 1 heterocycles. The Morgan fingerprint density at radius 2 is 1.83 bits per heavy atom. The monoisotopic (exact) mass is 448 g/mol. The van der Waals surface area contributed by atoms with Crippen LogP contribution in [0.5, 0.6) is 0 Å². The van der Waals surface area contributed by atoms with Crippen molar-refractivity contribution < 1.29 is 22.7 Å². The van der Waals surface area contributed by atoms with Crippen molar-refractivity contribution in [1.82, 2.24) is 4.57 Å². The van der Waals surface area contributed by atoms with E-state index in [9.17, 15) is 18.0 Å². The average Bonchev–Trinajstić information content (AvgIpc) is 3.08. The third-order valence-electron chi connectivity index (χ3n) is 4.83. The lowest BCUT2D eigenvalue weighted by Gasteiger charge is -2.29. The predicted molar refractivity (Wildman–Crippen MR) is 117 cm³/mol. The summed E-state index contributed by atoms with van der Waals surface area (Å²) in [6, 6.07) is 10.6. The molecule has 0 fully saturated rings. The van der Waals surface area contributed by atoms with Gasteiger partial charge in [0.1, 0.15) is 6.04 Å². The smallest absolute Gasteiger partial charge is 0.340 e. The number of para-hydroxylation sites is 1. The molecule has 7 nitrogen and oxygen atoms in total. The fourth-order valence-electron chi connectivity index (χ4n) is 3.43. The van der Waals surface area contributed by atoms with Crippen molar-refractivity contribution in [3.05, 3.63) is 64.8 Å². The summed E-state index contributed by atoms with van der Waals surface area (Å²) < 4.78 is 32.4. The summed E-state index contributed by atoms with van der Waals surface area (Å²) in [7, 11) is -2.57. The number of ether oxygens (including phenoxy) is 1. The van der Waals surface area contributed by atoms with E-state index in [1.807, 2.05) is 0 Å². The highest BCUT2D eigenvalue weighted by Gasteiger charge is 2.32. The number of hydrogen-bond donors (Lipinski definition) is 0. The number of sulfonamides is 1. The molecule has 0 aliphatic carbocycles. The van der Waals surface area contributed by atoms with Crippen molar-refractivity contribution >= 4 is 50.1 Å². The third kappa shape index (κ3) is 3.93. The number of rotatable bonds is 5. The van der Waals surface area contributed by atoms with Crippen LogP contribution in [0.2, 0.25) is 5.02 Å².